The van der Waals surface area contributed by atoms with Gasteiger partial charge in [0, 0.05) is 10.8 Å². The average Bonchev–Trinajstić information content (AvgIpc) is 3.96. The molecule has 13 rings (SSSR count). The molecule has 0 saturated heterocycles. The Bertz CT molecular complexity index is 3610. The van der Waals surface area contributed by atoms with Crippen molar-refractivity contribution in [2.45, 2.75) is 57.8 Å². The second kappa shape index (κ2) is 16.9. The van der Waals surface area contributed by atoms with Crippen LogP contribution in [-0.4, -0.2) is 0 Å². The highest BCUT2D eigenvalue weighted by molar-refractivity contribution is 5.96. The van der Waals surface area contributed by atoms with E-state index in [1.54, 1.807) is 0 Å². The highest BCUT2D eigenvalue weighted by atomic mass is 14.5. The molecule has 0 radical (unpaired) electrons. The van der Waals surface area contributed by atoms with Gasteiger partial charge in [0.05, 0.1) is 5.41 Å². The molecular formula is C73H58. The van der Waals surface area contributed by atoms with E-state index in [0.29, 0.717) is 0 Å². The van der Waals surface area contributed by atoms with E-state index in [2.05, 4.69) is 284 Å². The van der Waals surface area contributed by atoms with Gasteiger partial charge in [0.15, 0.2) is 0 Å². The van der Waals surface area contributed by atoms with E-state index in [1.165, 1.54) is 134 Å². The van der Waals surface area contributed by atoms with Crippen LogP contribution in [0.25, 0.3) is 56.7 Å². The van der Waals surface area contributed by atoms with E-state index >= 15 is 0 Å². The van der Waals surface area contributed by atoms with Crippen LogP contribution in [0.5, 0.6) is 0 Å². The lowest BCUT2D eigenvalue weighted by Gasteiger charge is -2.34. The molecule has 350 valence electrons. The SMILES string of the molecule is Cc1ccc(/C(=C\c2ccc(C3(c4ccc(/C=C(\c5ccc(C)cc5)c5ccc6c(c5)C(C)(C)c5ccccc5-6)cc4)c4ccccc4-c4ccccc43)cc2)c2ccc3c(c2)C(C)(C)c2ccccc2-3)cc1. The second-order valence-corrected chi connectivity index (χ2v) is 21.8. The van der Waals surface area contributed by atoms with Crippen LogP contribution in [0.4, 0.5) is 0 Å². The minimum Gasteiger partial charge on any atom is -0.0619 e. The largest absolute Gasteiger partial charge is 0.0713 e. The molecule has 73 heavy (non-hydrogen) atoms. The molecule has 0 spiro atoms. The van der Waals surface area contributed by atoms with Crippen LogP contribution in [0, 0.1) is 13.8 Å². The monoisotopic (exact) mass is 934 g/mol. The molecule has 0 nitrogen and oxygen atoms in total. The van der Waals surface area contributed by atoms with Gasteiger partial charge in [0.1, 0.15) is 0 Å². The summed E-state index contributed by atoms with van der Waals surface area (Å²) in [6, 6.07) is 87.1. The number of benzene rings is 10. The molecular weight excluding hydrogens is 877 g/mol. The third-order valence-electron chi connectivity index (χ3n) is 16.8. The van der Waals surface area contributed by atoms with Gasteiger partial charge in [-0.15, -0.1) is 0 Å². The van der Waals surface area contributed by atoms with Crippen LogP contribution in [0.1, 0.15) is 117 Å². The fraction of sp³-hybridized carbons (Fsp3) is 0.123. The summed E-state index contributed by atoms with van der Waals surface area (Å²) < 4.78 is 0. The molecule has 0 aromatic heterocycles. The van der Waals surface area contributed by atoms with Crippen LogP contribution < -0.4 is 0 Å². The molecule has 0 fully saturated rings. The first-order chi connectivity index (χ1) is 35.5. The lowest BCUT2D eigenvalue weighted by molar-refractivity contribution is 0.660. The molecule has 0 N–H and O–H groups in total. The van der Waals surface area contributed by atoms with Crippen molar-refractivity contribution < 1.29 is 0 Å². The van der Waals surface area contributed by atoms with Crippen molar-refractivity contribution in [3.63, 3.8) is 0 Å². The zero-order valence-corrected chi connectivity index (χ0v) is 42.6. The first-order valence-corrected chi connectivity index (χ1v) is 26.0. The Morgan fingerprint density at radius 1 is 0.288 bits per heavy atom. The molecule has 10 aromatic carbocycles. The van der Waals surface area contributed by atoms with Gasteiger partial charge in [-0.2, -0.15) is 0 Å². The summed E-state index contributed by atoms with van der Waals surface area (Å²) >= 11 is 0. The maximum absolute atomic E-state index is 2.45. The third kappa shape index (κ3) is 7.03. The van der Waals surface area contributed by atoms with Gasteiger partial charge in [-0.3, -0.25) is 0 Å². The number of hydrogen-bond acceptors (Lipinski definition) is 0. The van der Waals surface area contributed by atoms with E-state index in [1.807, 2.05) is 0 Å². The molecule has 0 amide bonds. The highest BCUT2D eigenvalue weighted by Crippen LogP contribution is 2.57. The molecule has 3 aliphatic carbocycles. The Labute approximate surface area is 431 Å². The fourth-order valence-corrected chi connectivity index (χ4v) is 12.9. The van der Waals surface area contributed by atoms with E-state index < -0.39 is 5.41 Å². The van der Waals surface area contributed by atoms with Crippen molar-refractivity contribution in [2.75, 3.05) is 0 Å². The van der Waals surface area contributed by atoms with Crippen LogP contribution in [0.2, 0.25) is 0 Å². The van der Waals surface area contributed by atoms with Gasteiger partial charge in [0.2, 0.25) is 0 Å². The Balaban J connectivity index is 0.926. The predicted molar refractivity (Wildman–Crippen MR) is 308 cm³/mol. The van der Waals surface area contributed by atoms with Crippen LogP contribution in [0.15, 0.2) is 231 Å². The summed E-state index contributed by atoms with van der Waals surface area (Å²) in [5, 5.41) is 0. The smallest absolute Gasteiger partial charge is 0.0619 e. The minimum atomic E-state index is -0.529. The van der Waals surface area contributed by atoms with Crippen molar-refractivity contribution in [1.29, 1.82) is 0 Å². The normalized spacial score (nSPS) is 15.2. The Hall–Kier alpha value is -8.32. The molecule has 0 heteroatoms. The van der Waals surface area contributed by atoms with Crippen molar-refractivity contribution in [3.8, 4) is 33.4 Å². The van der Waals surface area contributed by atoms with Gasteiger partial charge in [-0.25, -0.2) is 0 Å². The van der Waals surface area contributed by atoms with E-state index in [9.17, 15) is 0 Å². The molecule has 0 bridgehead atoms. The van der Waals surface area contributed by atoms with Crippen LogP contribution in [-0.2, 0) is 16.2 Å². The molecule has 0 heterocycles. The first-order valence-electron chi connectivity index (χ1n) is 26.0. The molecule has 3 aliphatic rings. The van der Waals surface area contributed by atoms with Crippen LogP contribution in [0.3, 0.4) is 0 Å². The zero-order chi connectivity index (χ0) is 49.6. The van der Waals surface area contributed by atoms with Gasteiger partial charge < -0.3 is 0 Å². The highest BCUT2D eigenvalue weighted by Gasteiger charge is 2.46. The lowest BCUT2D eigenvalue weighted by atomic mass is 9.67. The second-order valence-electron chi connectivity index (χ2n) is 21.8. The standard InChI is InChI=1S/C73H58/c1-47-23-31-51(32-24-47)63(53-35-41-61-57-15-7-11-19-65(57)71(3,4)69(61)45-53)43-49-27-37-55(38-28-49)73(67-21-13-9-17-59(67)60-18-10-14-22-68(60)73)56-39-29-50(30-40-56)44-64(52-33-25-48(2)26-34-52)54-36-42-62-58-16-8-12-20-66(58)72(5,6)70(62)46-54/h7-46H,1-6H3/b63-43+,64-44+. The summed E-state index contributed by atoms with van der Waals surface area (Å²) in [4.78, 5) is 0. The first kappa shape index (κ1) is 44.6. The minimum absolute atomic E-state index is 0.0881. The molecule has 0 saturated carbocycles. The molecule has 0 unspecified atom stereocenters. The van der Waals surface area contributed by atoms with Crippen molar-refractivity contribution in [1.82, 2.24) is 0 Å². The third-order valence-corrected chi connectivity index (χ3v) is 16.8. The van der Waals surface area contributed by atoms with Gasteiger partial charge in [0.25, 0.3) is 0 Å². The zero-order valence-electron chi connectivity index (χ0n) is 42.6. The number of hydrogen-bond donors (Lipinski definition) is 0. The Morgan fingerprint density at radius 3 is 0.959 bits per heavy atom. The Kier molecular flexibility index (Phi) is 10.3. The average molecular weight is 935 g/mol. The van der Waals surface area contributed by atoms with E-state index in [0.717, 1.165) is 0 Å². The predicted octanol–water partition coefficient (Wildman–Crippen LogP) is 18.5. The summed E-state index contributed by atoms with van der Waals surface area (Å²) in [6.45, 7) is 13.8. The van der Waals surface area contributed by atoms with Crippen molar-refractivity contribution >= 4 is 23.3 Å². The summed E-state index contributed by atoms with van der Waals surface area (Å²) in [5.41, 5.74) is 30.1. The van der Waals surface area contributed by atoms with Crippen molar-refractivity contribution in [2.24, 2.45) is 0 Å². The van der Waals surface area contributed by atoms with E-state index in [4.69, 9.17) is 0 Å². The summed E-state index contributed by atoms with van der Waals surface area (Å²) in [5.74, 6) is 0. The number of aryl methyl sites for hydroxylation is 2. The van der Waals surface area contributed by atoms with Gasteiger partial charge >= 0.3 is 0 Å². The topological polar surface area (TPSA) is 0 Å². The van der Waals surface area contributed by atoms with Gasteiger partial charge in [-0.1, -0.05) is 257 Å². The molecule has 0 atom stereocenters. The molecule has 10 aromatic rings. The maximum Gasteiger partial charge on any atom is 0.0713 e. The quantitative estimate of drug-likeness (QED) is 0.133. The number of rotatable bonds is 8. The van der Waals surface area contributed by atoms with Crippen molar-refractivity contribution in [3.05, 3.63) is 320 Å². The van der Waals surface area contributed by atoms with Gasteiger partial charge in [-0.05, 0) is 161 Å². The maximum atomic E-state index is 2.45. The Morgan fingerprint density at radius 2 is 0.589 bits per heavy atom. The summed E-state index contributed by atoms with van der Waals surface area (Å²) in [7, 11) is 0. The lowest BCUT2D eigenvalue weighted by Crippen LogP contribution is -2.28. The fourth-order valence-electron chi connectivity index (χ4n) is 12.9. The van der Waals surface area contributed by atoms with E-state index in [-0.39, 0.29) is 10.8 Å². The number of fused-ring (bicyclic) bond motifs is 9. The molecule has 0 aliphatic heterocycles. The summed E-state index contributed by atoms with van der Waals surface area (Å²) in [6.07, 6.45) is 4.78. The van der Waals surface area contributed by atoms with Crippen LogP contribution >= 0.6 is 0 Å².